The van der Waals surface area contributed by atoms with Crippen LogP contribution in [0.4, 0.5) is 11.6 Å². The Kier molecular flexibility index (Phi) is 6.12. The third-order valence-electron chi connectivity index (χ3n) is 5.90. The first-order chi connectivity index (χ1) is 16.6. The predicted octanol–water partition coefficient (Wildman–Crippen LogP) is 3.20. The number of nitrogens with one attached hydrogen (secondary N) is 1. The molecule has 0 saturated carbocycles. The highest BCUT2D eigenvalue weighted by molar-refractivity contribution is 5.81. The van der Waals surface area contributed by atoms with Crippen molar-refractivity contribution in [1.82, 2.24) is 24.6 Å². The first-order valence-corrected chi connectivity index (χ1v) is 11.2. The summed E-state index contributed by atoms with van der Waals surface area (Å²) >= 11 is 0. The van der Waals surface area contributed by atoms with E-state index in [2.05, 4.69) is 31.2 Å². The fraction of sp³-hybridized carbons (Fsp3) is 0.269. The molecule has 0 radical (unpaired) electrons. The van der Waals surface area contributed by atoms with Crippen LogP contribution in [0.25, 0.3) is 22.0 Å². The van der Waals surface area contributed by atoms with Crippen LogP contribution in [0.2, 0.25) is 0 Å². The second-order valence-corrected chi connectivity index (χ2v) is 8.44. The van der Waals surface area contributed by atoms with Gasteiger partial charge >= 0.3 is 0 Å². The number of hydrogen-bond donors (Lipinski definition) is 2. The van der Waals surface area contributed by atoms with Crippen molar-refractivity contribution in [2.45, 2.75) is 12.5 Å². The van der Waals surface area contributed by atoms with E-state index in [0.717, 1.165) is 58.5 Å². The van der Waals surface area contributed by atoms with E-state index in [9.17, 15) is 5.11 Å². The molecule has 5 rings (SSSR count). The van der Waals surface area contributed by atoms with Gasteiger partial charge in [-0.2, -0.15) is 5.10 Å². The topological polar surface area (TPSA) is 88.3 Å². The van der Waals surface area contributed by atoms with Crippen molar-refractivity contribution in [3.05, 3.63) is 60.6 Å². The molecular formula is C26H26N6O2. The Morgan fingerprint density at radius 2 is 2.12 bits per heavy atom. The molecular weight excluding hydrogens is 428 g/mol. The molecule has 1 atom stereocenters. The predicted molar refractivity (Wildman–Crippen MR) is 132 cm³/mol. The zero-order valence-corrected chi connectivity index (χ0v) is 19.0. The van der Waals surface area contributed by atoms with Gasteiger partial charge in [-0.3, -0.25) is 9.58 Å². The number of aliphatic hydroxyl groups excluding tert-OH is 1. The number of nitrogens with zero attached hydrogens (tertiary/aromatic N) is 5. The summed E-state index contributed by atoms with van der Waals surface area (Å²) in [6.45, 7) is 2.55. The molecule has 8 nitrogen and oxygen atoms in total. The number of hydrogen-bond acceptors (Lipinski definition) is 7. The van der Waals surface area contributed by atoms with Gasteiger partial charge in [0.1, 0.15) is 11.9 Å². The molecule has 1 aliphatic rings. The lowest BCUT2D eigenvalue weighted by Gasteiger charge is -2.17. The van der Waals surface area contributed by atoms with Crippen LogP contribution in [0.3, 0.4) is 0 Å². The van der Waals surface area contributed by atoms with Crippen molar-refractivity contribution in [3.8, 4) is 29.2 Å². The number of aromatic nitrogens is 4. The number of aliphatic hydroxyl groups is 1. The average molecular weight is 455 g/mol. The van der Waals surface area contributed by atoms with Gasteiger partial charge in [0, 0.05) is 67.3 Å². The number of β-amino-alcohol motifs (C(OH)–C–C–N with tert-alkyl or cyclic N) is 1. The Balaban J connectivity index is 1.43. The maximum atomic E-state index is 9.22. The Morgan fingerprint density at radius 3 is 2.91 bits per heavy atom. The lowest BCUT2D eigenvalue weighted by atomic mass is 10.1. The summed E-state index contributed by atoms with van der Waals surface area (Å²) in [5, 5.41) is 17.7. The molecule has 2 N–H and O–H groups in total. The van der Waals surface area contributed by atoms with Crippen molar-refractivity contribution in [2.24, 2.45) is 7.05 Å². The van der Waals surface area contributed by atoms with Gasteiger partial charge in [-0.1, -0.05) is 5.92 Å². The largest absolute Gasteiger partial charge is 0.489 e. The highest BCUT2D eigenvalue weighted by Crippen LogP contribution is 2.31. The number of rotatable bonds is 7. The van der Waals surface area contributed by atoms with Gasteiger partial charge in [-0.25, -0.2) is 9.97 Å². The molecule has 2 aromatic heterocycles. The van der Waals surface area contributed by atoms with Gasteiger partial charge in [0.15, 0.2) is 0 Å². The molecule has 0 unspecified atom stereocenters. The van der Waals surface area contributed by atoms with Crippen molar-refractivity contribution < 1.29 is 9.84 Å². The van der Waals surface area contributed by atoms with Crippen LogP contribution >= 0.6 is 0 Å². The van der Waals surface area contributed by atoms with Gasteiger partial charge in [0.2, 0.25) is 5.95 Å². The van der Waals surface area contributed by atoms with E-state index in [1.54, 1.807) is 10.9 Å². The van der Waals surface area contributed by atoms with E-state index in [0.29, 0.717) is 12.5 Å². The Bertz CT molecular complexity index is 1360. The molecule has 0 amide bonds. The normalized spacial score (nSPS) is 16.0. The number of likely N-dealkylation sites (tertiary alicyclic amines) is 1. The standard InChI is InChI=1S/C26H26N6O2/c1-3-18-4-5-25-20(10-18)14-27-26(30-25)29-22-11-19(21-15-28-31(2)16-21)12-24(13-22)34-23-6-7-32(17-23)8-9-33/h1,4-5,10-16,23,33H,6-9,17H2,2H3,(H,27,29,30)/t23-/m0/s1. The molecule has 1 aliphatic heterocycles. The fourth-order valence-electron chi connectivity index (χ4n) is 4.22. The van der Waals surface area contributed by atoms with Gasteiger partial charge in [0.05, 0.1) is 18.3 Å². The van der Waals surface area contributed by atoms with Gasteiger partial charge < -0.3 is 15.2 Å². The second-order valence-electron chi connectivity index (χ2n) is 8.44. The quantitative estimate of drug-likeness (QED) is 0.415. The number of terminal acetylenes is 1. The zero-order valence-electron chi connectivity index (χ0n) is 19.0. The summed E-state index contributed by atoms with van der Waals surface area (Å²) in [6.07, 6.45) is 12.1. The summed E-state index contributed by atoms with van der Waals surface area (Å²) in [7, 11) is 1.89. The van der Waals surface area contributed by atoms with E-state index in [1.165, 1.54) is 0 Å². The van der Waals surface area contributed by atoms with E-state index < -0.39 is 0 Å². The van der Waals surface area contributed by atoms with E-state index in [4.69, 9.17) is 11.2 Å². The summed E-state index contributed by atoms with van der Waals surface area (Å²) in [6, 6.07) is 11.7. The minimum absolute atomic E-state index is 0.0748. The first kappa shape index (κ1) is 21.9. The Morgan fingerprint density at radius 1 is 1.21 bits per heavy atom. The number of aryl methyl sites for hydroxylation is 1. The smallest absolute Gasteiger partial charge is 0.227 e. The molecule has 172 valence electrons. The summed E-state index contributed by atoms with van der Waals surface area (Å²) in [4.78, 5) is 11.3. The van der Waals surface area contributed by atoms with Crippen LogP contribution < -0.4 is 10.1 Å². The lowest BCUT2D eigenvalue weighted by molar-refractivity contribution is 0.181. The van der Waals surface area contributed by atoms with Gasteiger partial charge in [-0.15, -0.1) is 6.42 Å². The maximum Gasteiger partial charge on any atom is 0.227 e. The van der Waals surface area contributed by atoms with Gasteiger partial charge in [0.25, 0.3) is 0 Å². The number of benzene rings is 2. The number of ether oxygens (including phenoxy) is 1. The molecule has 1 fully saturated rings. The van der Waals surface area contributed by atoms with Crippen molar-refractivity contribution >= 4 is 22.5 Å². The Hall–Kier alpha value is -3.93. The minimum Gasteiger partial charge on any atom is -0.489 e. The van der Waals surface area contributed by atoms with Crippen LogP contribution in [0, 0.1) is 12.3 Å². The molecule has 0 aliphatic carbocycles. The average Bonchev–Trinajstić information content (AvgIpc) is 3.47. The molecule has 8 heteroatoms. The molecule has 1 saturated heterocycles. The first-order valence-electron chi connectivity index (χ1n) is 11.2. The molecule has 2 aromatic carbocycles. The van der Waals surface area contributed by atoms with E-state index in [1.807, 2.05) is 55.8 Å². The molecule has 3 heterocycles. The monoisotopic (exact) mass is 454 g/mol. The van der Waals surface area contributed by atoms with Crippen molar-refractivity contribution in [3.63, 3.8) is 0 Å². The molecule has 0 bridgehead atoms. The minimum atomic E-state index is 0.0748. The lowest BCUT2D eigenvalue weighted by Crippen LogP contribution is -2.27. The third-order valence-corrected chi connectivity index (χ3v) is 5.90. The van der Waals surface area contributed by atoms with Crippen LogP contribution in [0.15, 0.2) is 55.0 Å². The second kappa shape index (κ2) is 9.51. The SMILES string of the molecule is C#Cc1ccc2nc(Nc3cc(O[C@H]4CCN(CCO)C4)cc(-c4cnn(C)c4)c3)ncc2c1. The molecule has 0 spiro atoms. The summed E-state index contributed by atoms with van der Waals surface area (Å²) in [5.74, 6) is 3.89. The van der Waals surface area contributed by atoms with Crippen molar-refractivity contribution in [1.29, 1.82) is 0 Å². The van der Waals surface area contributed by atoms with Gasteiger partial charge in [-0.05, 0) is 42.3 Å². The highest BCUT2D eigenvalue weighted by Gasteiger charge is 2.23. The van der Waals surface area contributed by atoms with Crippen LogP contribution in [0.5, 0.6) is 5.75 Å². The zero-order chi connectivity index (χ0) is 23.5. The molecule has 34 heavy (non-hydrogen) atoms. The van der Waals surface area contributed by atoms with Crippen LogP contribution in [-0.4, -0.2) is 62.1 Å². The van der Waals surface area contributed by atoms with E-state index >= 15 is 0 Å². The Labute approximate surface area is 198 Å². The van der Waals surface area contributed by atoms with Crippen LogP contribution in [0.1, 0.15) is 12.0 Å². The van der Waals surface area contributed by atoms with E-state index in [-0.39, 0.29) is 12.7 Å². The highest BCUT2D eigenvalue weighted by atomic mass is 16.5. The van der Waals surface area contributed by atoms with Crippen molar-refractivity contribution in [2.75, 3.05) is 31.6 Å². The summed E-state index contributed by atoms with van der Waals surface area (Å²) < 4.78 is 8.12. The molecule has 4 aromatic rings. The maximum absolute atomic E-state index is 9.22. The number of anilines is 2. The third kappa shape index (κ3) is 4.86. The fourth-order valence-corrected chi connectivity index (χ4v) is 4.22. The summed E-state index contributed by atoms with van der Waals surface area (Å²) in [5.41, 5.74) is 4.41. The number of fused-ring (bicyclic) bond motifs is 1. The van der Waals surface area contributed by atoms with Crippen LogP contribution in [-0.2, 0) is 7.05 Å².